The number of benzene rings is 1. The van der Waals surface area contributed by atoms with E-state index in [4.69, 9.17) is 10.7 Å². The van der Waals surface area contributed by atoms with Crippen molar-refractivity contribution >= 4 is 15.9 Å². The normalized spacial score (nSPS) is 11.8. The van der Waals surface area contributed by atoms with E-state index in [1.807, 2.05) is 26.8 Å². The molecule has 0 spiro atoms. The maximum Gasteiger partial charge on any atom is 0.109 e. The summed E-state index contributed by atoms with van der Waals surface area (Å²) in [6, 6.07) is 6.13. The van der Waals surface area contributed by atoms with Gasteiger partial charge in [-0.25, -0.2) is 5.90 Å². The van der Waals surface area contributed by atoms with Gasteiger partial charge in [-0.3, -0.25) is 4.84 Å². The molecule has 1 aromatic rings. The minimum atomic E-state index is -0.436. The molecular formula is C10H14BrNO. The van der Waals surface area contributed by atoms with Gasteiger partial charge in [0, 0.05) is 4.47 Å². The Morgan fingerprint density at radius 1 is 1.31 bits per heavy atom. The molecule has 2 N–H and O–H groups in total. The van der Waals surface area contributed by atoms with E-state index in [1.165, 1.54) is 5.56 Å². The molecule has 0 saturated carbocycles. The Balaban J connectivity index is 3.15. The van der Waals surface area contributed by atoms with Crippen molar-refractivity contribution in [3.05, 3.63) is 33.8 Å². The zero-order chi connectivity index (χ0) is 10.1. The highest BCUT2D eigenvalue weighted by atomic mass is 79.9. The first-order valence-electron chi connectivity index (χ1n) is 4.11. The van der Waals surface area contributed by atoms with Crippen LogP contribution in [0.4, 0.5) is 0 Å². The topological polar surface area (TPSA) is 35.2 Å². The van der Waals surface area contributed by atoms with E-state index < -0.39 is 5.60 Å². The molecule has 13 heavy (non-hydrogen) atoms. The summed E-state index contributed by atoms with van der Waals surface area (Å²) in [7, 11) is 0. The smallest absolute Gasteiger partial charge is 0.109 e. The lowest BCUT2D eigenvalue weighted by Gasteiger charge is -2.22. The molecular weight excluding hydrogens is 230 g/mol. The lowest BCUT2D eigenvalue weighted by molar-refractivity contribution is -0.0236. The van der Waals surface area contributed by atoms with Crippen LogP contribution in [-0.4, -0.2) is 0 Å². The summed E-state index contributed by atoms with van der Waals surface area (Å²) in [5, 5.41) is 0. The molecule has 0 aliphatic heterocycles. The standard InChI is InChI=1S/C10H14BrNO/c1-7-4-8(6-9(11)5-7)10(2,3)13-12/h4-6H,12H2,1-3H3. The summed E-state index contributed by atoms with van der Waals surface area (Å²) >= 11 is 3.44. The molecule has 0 bridgehead atoms. The molecule has 0 aliphatic rings. The Labute approximate surface area is 87.2 Å². The highest BCUT2D eigenvalue weighted by Crippen LogP contribution is 2.26. The fourth-order valence-corrected chi connectivity index (χ4v) is 1.76. The van der Waals surface area contributed by atoms with Crippen molar-refractivity contribution in [2.24, 2.45) is 5.90 Å². The molecule has 2 nitrogen and oxygen atoms in total. The van der Waals surface area contributed by atoms with Crippen molar-refractivity contribution < 1.29 is 4.84 Å². The van der Waals surface area contributed by atoms with E-state index in [0.717, 1.165) is 10.0 Å². The van der Waals surface area contributed by atoms with E-state index >= 15 is 0 Å². The van der Waals surface area contributed by atoms with Gasteiger partial charge in [0.2, 0.25) is 0 Å². The monoisotopic (exact) mass is 243 g/mol. The average Bonchev–Trinajstić information content (AvgIpc) is 2.02. The Morgan fingerprint density at radius 3 is 2.38 bits per heavy atom. The summed E-state index contributed by atoms with van der Waals surface area (Å²) in [5.41, 5.74) is 1.82. The van der Waals surface area contributed by atoms with E-state index in [9.17, 15) is 0 Å². The first-order valence-corrected chi connectivity index (χ1v) is 4.90. The Morgan fingerprint density at radius 2 is 1.92 bits per heavy atom. The van der Waals surface area contributed by atoms with Crippen LogP contribution in [0.15, 0.2) is 22.7 Å². The van der Waals surface area contributed by atoms with E-state index in [0.29, 0.717) is 0 Å². The van der Waals surface area contributed by atoms with Crippen LogP contribution in [0.2, 0.25) is 0 Å². The van der Waals surface area contributed by atoms with Gasteiger partial charge in [-0.1, -0.05) is 22.0 Å². The molecule has 0 fully saturated rings. The molecule has 0 aliphatic carbocycles. The summed E-state index contributed by atoms with van der Waals surface area (Å²) in [6.45, 7) is 5.92. The molecule has 0 atom stereocenters. The number of aryl methyl sites for hydroxylation is 1. The molecule has 0 radical (unpaired) electrons. The second-order valence-electron chi connectivity index (χ2n) is 3.65. The quantitative estimate of drug-likeness (QED) is 0.812. The molecule has 0 amide bonds. The van der Waals surface area contributed by atoms with Gasteiger partial charge < -0.3 is 0 Å². The first-order chi connectivity index (χ1) is 5.95. The van der Waals surface area contributed by atoms with Crippen LogP contribution < -0.4 is 5.90 Å². The van der Waals surface area contributed by atoms with E-state index in [-0.39, 0.29) is 0 Å². The Kier molecular flexibility index (Phi) is 3.11. The highest BCUT2D eigenvalue weighted by Gasteiger charge is 2.20. The Bertz CT molecular complexity index is 290. The minimum absolute atomic E-state index is 0.436. The van der Waals surface area contributed by atoms with E-state index in [2.05, 4.69) is 28.1 Å². The van der Waals surface area contributed by atoms with Gasteiger partial charge >= 0.3 is 0 Å². The van der Waals surface area contributed by atoms with Crippen LogP contribution >= 0.6 is 15.9 Å². The predicted octanol–water partition coefficient (Wildman–Crippen LogP) is 2.88. The summed E-state index contributed by atoms with van der Waals surface area (Å²) in [5.74, 6) is 5.22. The molecule has 3 heteroatoms. The second-order valence-corrected chi connectivity index (χ2v) is 4.56. The number of hydrogen-bond donors (Lipinski definition) is 1. The van der Waals surface area contributed by atoms with Crippen molar-refractivity contribution in [3.63, 3.8) is 0 Å². The SMILES string of the molecule is Cc1cc(Br)cc(C(C)(C)ON)c1. The molecule has 72 valence electrons. The number of halogens is 1. The minimum Gasteiger partial charge on any atom is -0.294 e. The molecule has 0 aromatic heterocycles. The number of rotatable bonds is 2. The van der Waals surface area contributed by atoms with Gasteiger partial charge in [-0.15, -0.1) is 0 Å². The van der Waals surface area contributed by atoms with Crippen LogP contribution in [0, 0.1) is 6.92 Å². The lowest BCUT2D eigenvalue weighted by Crippen LogP contribution is -2.25. The molecule has 1 rings (SSSR count). The van der Waals surface area contributed by atoms with Crippen molar-refractivity contribution in [1.29, 1.82) is 0 Å². The van der Waals surface area contributed by atoms with Crippen LogP contribution in [0.1, 0.15) is 25.0 Å². The summed E-state index contributed by atoms with van der Waals surface area (Å²) in [4.78, 5) is 4.91. The fourth-order valence-electron chi connectivity index (χ4n) is 1.15. The van der Waals surface area contributed by atoms with Gasteiger partial charge in [-0.05, 0) is 44.0 Å². The molecule has 0 saturated heterocycles. The van der Waals surface area contributed by atoms with Gasteiger partial charge in [0.25, 0.3) is 0 Å². The third kappa shape index (κ3) is 2.53. The maximum atomic E-state index is 5.22. The zero-order valence-electron chi connectivity index (χ0n) is 8.10. The van der Waals surface area contributed by atoms with Crippen molar-refractivity contribution in [3.8, 4) is 0 Å². The van der Waals surface area contributed by atoms with Crippen molar-refractivity contribution in [2.45, 2.75) is 26.4 Å². The Hall–Kier alpha value is -0.380. The van der Waals surface area contributed by atoms with Crippen LogP contribution in [-0.2, 0) is 10.4 Å². The van der Waals surface area contributed by atoms with Gasteiger partial charge in [-0.2, -0.15) is 0 Å². The van der Waals surface area contributed by atoms with E-state index in [1.54, 1.807) is 0 Å². The maximum absolute atomic E-state index is 5.22. The van der Waals surface area contributed by atoms with Crippen molar-refractivity contribution in [2.75, 3.05) is 0 Å². The number of hydrogen-bond acceptors (Lipinski definition) is 2. The van der Waals surface area contributed by atoms with Gasteiger partial charge in [0.05, 0.1) is 0 Å². The molecule has 0 heterocycles. The first kappa shape index (κ1) is 10.7. The molecule has 0 unspecified atom stereocenters. The van der Waals surface area contributed by atoms with Crippen molar-refractivity contribution in [1.82, 2.24) is 0 Å². The van der Waals surface area contributed by atoms with Crippen LogP contribution in [0.25, 0.3) is 0 Å². The zero-order valence-corrected chi connectivity index (χ0v) is 9.68. The number of nitrogens with two attached hydrogens (primary N) is 1. The largest absolute Gasteiger partial charge is 0.294 e. The van der Waals surface area contributed by atoms with Gasteiger partial charge in [0.1, 0.15) is 5.60 Å². The fraction of sp³-hybridized carbons (Fsp3) is 0.400. The molecule has 1 aromatic carbocycles. The third-order valence-electron chi connectivity index (χ3n) is 2.03. The lowest BCUT2D eigenvalue weighted by atomic mass is 9.97. The average molecular weight is 244 g/mol. The van der Waals surface area contributed by atoms with Crippen LogP contribution in [0.3, 0.4) is 0 Å². The predicted molar refractivity (Wildman–Crippen MR) is 57.2 cm³/mol. The summed E-state index contributed by atoms with van der Waals surface area (Å²) < 4.78 is 1.05. The van der Waals surface area contributed by atoms with Gasteiger partial charge in [0.15, 0.2) is 0 Å². The third-order valence-corrected chi connectivity index (χ3v) is 2.49. The highest BCUT2D eigenvalue weighted by molar-refractivity contribution is 9.10. The summed E-state index contributed by atoms with van der Waals surface area (Å²) in [6.07, 6.45) is 0. The second kappa shape index (κ2) is 3.78. The van der Waals surface area contributed by atoms with Crippen LogP contribution in [0.5, 0.6) is 0 Å².